The molecule has 0 spiro atoms. The van der Waals surface area contributed by atoms with Gasteiger partial charge < -0.3 is 23.7 Å². The molecule has 0 N–H and O–H groups in total. The molecule has 4 rings (SSSR count). The number of carbonyl (C=O) groups is 2. The normalized spacial score (nSPS) is 22.3. The van der Waals surface area contributed by atoms with Gasteiger partial charge in [0.25, 0.3) is 0 Å². The van der Waals surface area contributed by atoms with Crippen LogP contribution in [0.2, 0.25) is 0 Å². The Morgan fingerprint density at radius 2 is 1.38 bits per heavy atom. The van der Waals surface area contributed by atoms with Crippen LogP contribution in [0.25, 0.3) is 10.4 Å². The highest BCUT2D eigenvalue weighted by atomic mass is 16.7. The number of nitrogens with zero attached hydrogens (tertiary/aromatic N) is 3. The van der Waals surface area contributed by atoms with E-state index in [0.717, 1.165) is 11.1 Å². The molecular formula is C29H29N3O7. The fraction of sp³-hybridized carbons (Fsp3) is 0.310. The molecule has 1 fully saturated rings. The average Bonchev–Trinajstić information content (AvgIpc) is 2.96. The highest BCUT2D eigenvalue weighted by Gasteiger charge is 2.49. The van der Waals surface area contributed by atoms with Crippen molar-refractivity contribution in [2.24, 2.45) is 5.11 Å². The lowest BCUT2D eigenvalue weighted by Crippen LogP contribution is -2.60. The van der Waals surface area contributed by atoms with Crippen molar-refractivity contribution in [2.75, 3.05) is 6.61 Å². The zero-order valence-corrected chi connectivity index (χ0v) is 21.4. The standard InChI is InChI=1S/C29H29N3O7/c1-20(33)38-29-25(31-32-30)27(36-18-22-13-7-3-8-14-22)26(35-17-21-11-5-2-6-12-21)24(39-29)19-37-28(34)23-15-9-4-10-16-23/h2-16,24-27,29H,17-19H2,1H3/t24-,25-,26-,27-,29?/m1/s1. The van der Waals surface area contributed by atoms with E-state index in [1.165, 1.54) is 6.92 Å². The molecule has 1 saturated heterocycles. The molecule has 0 amide bonds. The van der Waals surface area contributed by atoms with Crippen LogP contribution in [-0.4, -0.2) is 49.2 Å². The fourth-order valence-corrected chi connectivity index (χ4v) is 4.21. The van der Waals surface area contributed by atoms with E-state index in [4.69, 9.17) is 23.7 Å². The molecule has 1 aliphatic heterocycles. The van der Waals surface area contributed by atoms with Gasteiger partial charge in [-0.1, -0.05) is 84.0 Å². The van der Waals surface area contributed by atoms with Crippen molar-refractivity contribution in [1.29, 1.82) is 0 Å². The Balaban J connectivity index is 1.62. The summed E-state index contributed by atoms with van der Waals surface area (Å²) >= 11 is 0. The third kappa shape index (κ3) is 7.89. The third-order valence-corrected chi connectivity index (χ3v) is 6.04. The van der Waals surface area contributed by atoms with E-state index in [1.807, 2.05) is 60.7 Å². The summed E-state index contributed by atoms with van der Waals surface area (Å²) in [5, 5.41) is 3.86. The summed E-state index contributed by atoms with van der Waals surface area (Å²) in [4.78, 5) is 27.5. The van der Waals surface area contributed by atoms with Crippen molar-refractivity contribution in [3.8, 4) is 0 Å². The first-order valence-corrected chi connectivity index (χ1v) is 12.4. The molecule has 5 atom stereocenters. The summed E-state index contributed by atoms with van der Waals surface area (Å²) in [6, 6.07) is 26.4. The predicted molar refractivity (Wildman–Crippen MR) is 140 cm³/mol. The van der Waals surface area contributed by atoms with Crippen molar-refractivity contribution in [3.05, 3.63) is 118 Å². The molecule has 0 aliphatic carbocycles. The van der Waals surface area contributed by atoms with E-state index in [2.05, 4.69) is 10.0 Å². The Kier molecular flexibility index (Phi) is 10.0. The molecule has 10 heteroatoms. The number of ether oxygens (including phenoxy) is 5. The van der Waals surface area contributed by atoms with E-state index in [1.54, 1.807) is 30.3 Å². The summed E-state index contributed by atoms with van der Waals surface area (Å²) in [6.07, 6.45) is -3.93. The van der Waals surface area contributed by atoms with Crippen molar-refractivity contribution in [1.82, 2.24) is 0 Å². The first-order chi connectivity index (χ1) is 19.0. The monoisotopic (exact) mass is 531 g/mol. The lowest BCUT2D eigenvalue weighted by Gasteiger charge is -2.44. The first-order valence-electron chi connectivity index (χ1n) is 12.4. The molecule has 1 aliphatic rings. The Bertz CT molecular complexity index is 1250. The van der Waals surface area contributed by atoms with Gasteiger partial charge in [-0.05, 0) is 28.8 Å². The Labute approximate surface area is 226 Å². The van der Waals surface area contributed by atoms with Gasteiger partial charge in [0.15, 0.2) is 0 Å². The van der Waals surface area contributed by atoms with E-state index in [0.29, 0.717) is 5.56 Å². The Hall–Kier alpha value is -4.21. The molecule has 0 aromatic heterocycles. The average molecular weight is 532 g/mol. The number of hydrogen-bond acceptors (Lipinski definition) is 8. The molecule has 3 aromatic carbocycles. The highest BCUT2D eigenvalue weighted by Crippen LogP contribution is 2.31. The lowest BCUT2D eigenvalue weighted by atomic mass is 9.96. The minimum Gasteiger partial charge on any atom is -0.459 e. The molecule has 0 radical (unpaired) electrons. The first kappa shape index (κ1) is 27.8. The second kappa shape index (κ2) is 14.1. The van der Waals surface area contributed by atoms with Gasteiger partial charge in [-0.25, -0.2) is 4.79 Å². The van der Waals surface area contributed by atoms with Crippen molar-refractivity contribution < 1.29 is 33.3 Å². The van der Waals surface area contributed by atoms with Gasteiger partial charge in [0.2, 0.25) is 6.29 Å². The van der Waals surface area contributed by atoms with Crippen molar-refractivity contribution >= 4 is 11.9 Å². The molecule has 0 saturated carbocycles. The number of benzene rings is 3. The second-order valence-electron chi connectivity index (χ2n) is 8.83. The molecule has 1 unspecified atom stereocenters. The van der Waals surface area contributed by atoms with Gasteiger partial charge in [-0.3, -0.25) is 4.79 Å². The Morgan fingerprint density at radius 1 is 0.846 bits per heavy atom. The highest BCUT2D eigenvalue weighted by molar-refractivity contribution is 5.89. The molecule has 39 heavy (non-hydrogen) atoms. The zero-order chi connectivity index (χ0) is 27.5. The number of esters is 2. The van der Waals surface area contributed by atoms with Crippen LogP contribution in [0.15, 0.2) is 96.1 Å². The fourth-order valence-electron chi connectivity index (χ4n) is 4.21. The van der Waals surface area contributed by atoms with E-state index in [-0.39, 0.29) is 19.8 Å². The topological polar surface area (TPSA) is 129 Å². The molecular weight excluding hydrogens is 502 g/mol. The van der Waals surface area contributed by atoms with Crippen molar-refractivity contribution in [3.63, 3.8) is 0 Å². The predicted octanol–water partition coefficient (Wildman–Crippen LogP) is 4.98. The maximum atomic E-state index is 12.7. The molecule has 10 nitrogen and oxygen atoms in total. The molecule has 1 heterocycles. The lowest BCUT2D eigenvalue weighted by molar-refractivity contribution is -0.276. The molecule has 0 bridgehead atoms. The van der Waals surface area contributed by atoms with Crippen LogP contribution < -0.4 is 0 Å². The number of carbonyl (C=O) groups excluding carboxylic acids is 2. The van der Waals surface area contributed by atoms with E-state index in [9.17, 15) is 15.1 Å². The summed E-state index contributed by atoms with van der Waals surface area (Å²) in [6.45, 7) is 1.35. The third-order valence-electron chi connectivity index (χ3n) is 6.04. The quantitative estimate of drug-likeness (QED) is 0.148. The molecule has 3 aromatic rings. The van der Waals surface area contributed by atoms with Gasteiger partial charge >= 0.3 is 11.9 Å². The van der Waals surface area contributed by atoms with Gasteiger partial charge in [-0.2, -0.15) is 0 Å². The van der Waals surface area contributed by atoms with E-state index >= 15 is 0 Å². The van der Waals surface area contributed by atoms with Gasteiger partial charge in [0, 0.05) is 11.8 Å². The summed E-state index contributed by atoms with van der Waals surface area (Å²) in [7, 11) is 0. The van der Waals surface area contributed by atoms with Crippen LogP contribution in [0.4, 0.5) is 0 Å². The SMILES string of the molecule is CC(=O)OC1O[C@H](COC(=O)c2ccccc2)[C@@H](OCc2ccccc2)[C@H](OCc2ccccc2)[C@H]1N=[N+]=[N-]. The van der Waals surface area contributed by atoms with Gasteiger partial charge in [0.05, 0.1) is 18.8 Å². The van der Waals surface area contributed by atoms with Crippen LogP contribution in [0, 0.1) is 0 Å². The van der Waals surface area contributed by atoms with E-state index < -0.39 is 42.6 Å². The van der Waals surface area contributed by atoms with Crippen LogP contribution in [-0.2, 0) is 41.7 Å². The Morgan fingerprint density at radius 3 is 1.92 bits per heavy atom. The maximum Gasteiger partial charge on any atom is 0.338 e. The minimum absolute atomic E-state index is 0.164. The summed E-state index contributed by atoms with van der Waals surface area (Å²) < 4.78 is 29.5. The number of azide groups is 1. The summed E-state index contributed by atoms with van der Waals surface area (Å²) in [5.74, 6) is -1.19. The zero-order valence-electron chi connectivity index (χ0n) is 21.4. The van der Waals surface area contributed by atoms with Crippen LogP contribution >= 0.6 is 0 Å². The van der Waals surface area contributed by atoms with Crippen LogP contribution in [0.1, 0.15) is 28.4 Å². The molecule has 202 valence electrons. The van der Waals surface area contributed by atoms with Crippen LogP contribution in [0.5, 0.6) is 0 Å². The van der Waals surface area contributed by atoms with Gasteiger partial charge in [-0.15, -0.1) is 0 Å². The van der Waals surface area contributed by atoms with Gasteiger partial charge in [0.1, 0.15) is 31.0 Å². The number of rotatable bonds is 11. The maximum absolute atomic E-state index is 12.7. The van der Waals surface area contributed by atoms with Crippen molar-refractivity contribution in [2.45, 2.75) is 50.8 Å². The largest absolute Gasteiger partial charge is 0.459 e. The second-order valence-corrected chi connectivity index (χ2v) is 8.83. The summed E-state index contributed by atoms with van der Waals surface area (Å²) in [5.41, 5.74) is 11.5. The smallest absolute Gasteiger partial charge is 0.338 e. The number of hydrogen-bond donors (Lipinski definition) is 0. The van der Waals surface area contributed by atoms with Crippen LogP contribution in [0.3, 0.4) is 0 Å². The minimum atomic E-state index is -1.28.